The van der Waals surface area contributed by atoms with Crippen molar-refractivity contribution in [2.24, 2.45) is 0 Å². The number of halogens is 1. The van der Waals surface area contributed by atoms with Gasteiger partial charge in [0, 0.05) is 17.8 Å². The highest BCUT2D eigenvalue weighted by molar-refractivity contribution is 8.13. The van der Waals surface area contributed by atoms with E-state index >= 15 is 0 Å². The van der Waals surface area contributed by atoms with Gasteiger partial charge in [-0.1, -0.05) is 29.4 Å². The van der Waals surface area contributed by atoms with E-state index in [9.17, 15) is 14.6 Å². The van der Waals surface area contributed by atoms with Crippen LogP contribution in [0, 0.1) is 0 Å². The van der Waals surface area contributed by atoms with Gasteiger partial charge in [0.2, 0.25) is 0 Å². The second kappa shape index (κ2) is 8.31. The van der Waals surface area contributed by atoms with Crippen LogP contribution in [0.2, 0.25) is 5.02 Å². The standard InChI is InChI=1S/C15H20BClN2O5S/c1-15(2,3)24-13(20)18-6-7-25-14(21)19-10-5-4-9-8-23-16(22)11(9)12(10)17/h4-5,22H,6-8H2,1-3H3,(H,18,20)(H,19,21). The zero-order valence-corrected chi connectivity index (χ0v) is 15.8. The summed E-state index contributed by atoms with van der Waals surface area (Å²) in [5.74, 6) is 0.374. The number of anilines is 1. The molecule has 0 radical (unpaired) electrons. The topological polar surface area (TPSA) is 96.9 Å². The molecule has 1 aromatic carbocycles. The molecule has 25 heavy (non-hydrogen) atoms. The van der Waals surface area contributed by atoms with Crippen molar-refractivity contribution in [3.8, 4) is 0 Å². The molecule has 0 aromatic heterocycles. The van der Waals surface area contributed by atoms with Crippen molar-refractivity contribution in [3.05, 3.63) is 22.7 Å². The minimum atomic E-state index is -1.08. The summed E-state index contributed by atoms with van der Waals surface area (Å²) in [6.45, 7) is 5.90. The molecule has 0 spiro atoms. The van der Waals surface area contributed by atoms with Gasteiger partial charge in [-0.05, 0) is 32.4 Å². The van der Waals surface area contributed by atoms with Crippen LogP contribution >= 0.6 is 23.4 Å². The van der Waals surface area contributed by atoms with E-state index in [2.05, 4.69) is 10.6 Å². The first-order valence-corrected chi connectivity index (χ1v) is 9.05. The number of hydrogen-bond acceptors (Lipinski definition) is 6. The highest BCUT2D eigenvalue weighted by Gasteiger charge is 2.31. The summed E-state index contributed by atoms with van der Waals surface area (Å²) in [4.78, 5) is 23.5. The van der Waals surface area contributed by atoms with Crippen molar-refractivity contribution in [2.45, 2.75) is 33.0 Å². The largest absolute Gasteiger partial charge is 0.493 e. The number of ether oxygens (including phenoxy) is 1. The molecule has 1 aliphatic rings. The number of carbonyl (C=O) groups excluding carboxylic acids is 2. The highest BCUT2D eigenvalue weighted by Crippen LogP contribution is 2.26. The second-order valence-corrected chi connectivity index (χ2v) is 7.80. The van der Waals surface area contributed by atoms with Gasteiger partial charge in [0.15, 0.2) is 0 Å². The number of carbonyl (C=O) groups is 2. The Labute approximate surface area is 155 Å². The number of alkyl carbamates (subject to hydrolysis) is 1. The van der Waals surface area contributed by atoms with Gasteiger partial charge in [0.1, 0.15) is 5.60 Å². The third-order valence-electron chi connectivity index (χ3n) is 3.15. The molecule has 2 rings (SSSR count). The first-order chi connectivity index (χ1) is 11.7. The van der Waals surface area contributed by atoms with Gasteiger partial charge in [0.25, 0.3) is 5.24 Å². The van der Waals surface area contributed by atoms with E-state index in [4.69, 9.17) is 21.0 Å². The predicted molar refractivity (Wildman–Crippen MR) is 99.6 cm³/mol. The molecule has 0 atom stereocenters. The molecule has 0 aliphatic carbocycles. The fourth-order valence-corrected chi connectivity index (χ4v) is 3.03. The Morgan fingerprint density at radius 2 is 2.16 bits per heavy atom. The van der Waals surface area contributed by atoms with Crippen LogP contribution in [0.4, 0.5) is 15.3 Å². The summed E-state index contributed by atoms with van der Waals surface area (Å²) in [7, 11) is -1.08. The lowest BCUT2D eigenvalue weighted by Crippen LogP contribution is -2.33. The van der Waals surface area contributed by atoms with Crippen LogP contribution in [-0.4, -0.2) is 41.4 Å². The van der Waals surface area contributed by atoms with E-state index < -0.39 is 18.8 Å². The molecule has 3 N–H and O–H groups in total. The third kappa shape index (κ3) is 5.81. The lowest BCUT2D eigenvalue weighted by molar-refractivity contribution is 0.0531. The second-order valence-electron chi connectivity index (χ2n) is 6.35. The summed E-state index contributed by atoms with van der Waals surface area (Å²) in [6.07, 6.45) is -0.524. The van der Waals surface area contributed by atoms with Crippen molar-refractivity contribution in [2.75, 3.05) is 17.6 Å². The Morgan fingerprint density at radius 1 is 1.44 bits per heavy atom. The van der Waals surface area contributed by atoms with Crippen LogP contribution < -0.4 is 16.1 Å². The smallest absolute Gasteiger partial charge is 0.444 e. The molecule has 0 unspecified atom stereocenters. The van der Waals surface area contributed by atoms with Gasteiger partial charge in [0.05, 0.1) is 17.3 Å². The third-order valence-corrected chi connectivity index (χ3v) is 4.33. The van der Waals surface area contributed by atoms with Crippen molar-refractivity contribution >= 4 is 53.0 Å². The summed E-state index contributed by atoms with van der Waals surface area (Å²) >= 11 is 7.22. The van der Waals surface area contributed by atoms with E-state index in [1.54, 1.807) is 32.9 Å². The fraction of sp³-hybridized carbons (Fsp3) is 0.467. The van der Waals surface area contributed by atoms with Crippen LogP contribution in [-0.2, 0) is 16.0 Å². The van der Waals surface area contributed by atoms with E-state index in [1.165, 1.54) is 0 Å². The van der Waals surface area contributed by atoms with Gasteiger partial charge in [-0.2, -0.15) is 0 Å². The highest BCUT2D eigenvalue weighted by atomic mass is 35.5. The lowest BCUT2D eigenvalue weighted by Gasteiger charge is -2.19. The summed E-state index contributed by atoms with van der Waals surface area (Å²) in [5.41, 5.74) is 1.12. The van der Waals surface area contributed by atoms with Gasteiger partial charge < -0.3 is 25.0 Å². The molecule has 0 saturated carbocycles. The maximum atomic E-state index is 12.0. The van der Waals surface area contributed by atoms with E-state index in [-0.39, 0.29) is 23.4 Å². The average molecular weight is 387 g/mol. The van der Waals surface area contributed by atoms with Gasteiger partial charge >= 0.3 is 13.2 Å². The Balaban J connectivity index is 1.78. The Kier molecular flexibility index (Phi) is 6.62. The van der Waals surface area contributed by atoms with Gasteiger partial charge in [-0.15, -0.1) is 0 Å². The van der Waals surface area contributed by atoms with Gasteiger partial charge in [-0.25, -0.2) is 4.79 Å². The molecule has 0 saturated heterocycles. The quantitative estimate of drug-likeness (QED) is 0.543. The SMILES string of the molecule is CC(C)(C)OC(=O)NCCSC(=O)Nc1ccc2c(c1Cl)B(O)OC2. The summed E-state index contributed by atoms with van der Waals surface area (Å²) < 4.78 is 10.2. The molecule has 1 aromatic rings. The first kappa shape index (κ1) is 19.9. The number of thioether (sulfide) groups is 1. The van der Waals surface area contributed by atoms with Crippen LogP contribution in [0.1, 0.15) is 26.3 Å². The van der Waals surface area contributed by atoms with E-state index in [0.29, 0.717) is 16.9 Å². The predicted octanol–water partition coefficient (Wildman–Crippen LogP) is 2.35. The van der Waals surface area contributed by atoms with Crippen LogP contribution in [0.5, 0.6) is 0 Å². The van der Waals surface area contributed by atoms with Crippen molar-refractivity contribution in [1.29, 1.82) is 0 Å². The summed E-state index contributed by atoms with van der Waals surface area (Å²) in [6, 6.07) is 3.42. The first-order valence-electron chi connectivity index (χ1n) is 7.69. The molecule has 1 heterocycles. The molecular weight excluding hydrogens is 367 g/mol. The number of hydrogen-bond donors (Lipinski definition) is 3. The van der Waals surface area contributed by atoms with Crippen LogP contribution in [0.25, 0.3) is 0 Å². The molecule has 0 fully saturated rings. The molecule has 10 heteroatoms. The molecule has 2 amide bonds. The van der Waals surface area contributed by atoms with Crippen molar-refractivity contribution in [3.63, 3.8) is 0 Å². The number of rotatable bonds is 4. The molecule has 7 nitrogen and oxygen atoms in total. The Morgan fingerprint density at radius 3 is 2.84 bits per heavy atom. The zero-order chi connectivity index (χ0) is 18.6. The van der Waals surface area contributed by atoms with Crippen molar-refractivity contribution < 1.29 is 24.0 Å². The Bertz CT molecular complexity index is 668. The molecule has 1 aliphatic heterocycles. The van der Waals surface area contributed by atoms with Crippen LogP contribution in [0.3, 0.4) is 0 Å². The monoisotopic (exact) mass is 386 g/mol. The van der Waals surface area contributed by atoms with Gasteiger partial charge in [-0.3, -0.25) is 4.79 Å². The van der Waals surface area contributed by atoms with E-state index in [0.717, 1.165) is 17.3 Å². The molecule has 0 bridgehead atoms. The number of fused-ring (bicyclic) bond motifs is 1. The van der Waals surface area contributed by atoms with Crippen molar-refractivity contribution in [1.82, 2.24) is 5.32 Å². The number of amides is 2. The molecule has 136 valence electrons. The minimum absolute atomic E-state index is 0.267. The zero-order valence-electron chi connectivity index (χ0n) is 14.2. The fourth-order valence-electron chi connectivity index (χ4n) is 2.13. The summed E-state index contributed by atoms with van der Waals surface area (Å²) in [5, 5.41) is 14.9. The molecular formula is C15H20BClN2O5S. The maximum absolute atomic E-state index is 12.0. The van der Waals surface area contributed by atoms with E-state index in [1.807, 2.05) is 0 Å². The average Bonchev–Trinajstić information content (AvgIpc) is 2.87. The Hall–Kier alpha value is -1.42. The van der Waals surface area contributed by atoms with Crippen LogP contribution in [0.15, 0.2) is 12.1 Å². The minimum Gasteiger partial charge on any atom is -0.444 e. The maximum Gasteiger partial charge on any atom is 0.493 e. The lowest BCUT2D eigenvalue weighted by atomic mass is 9.79. The number of benzene rings is 1. The normalized spacial score (nSPS) is 13.4. The number of nitrogens with one attached hydrogen (secondary N) is 2.